The van der Waals surface area contributed by atoms with Gasteiger partial charge in [0.25, 0.3) is 0 Å². The summed E-state index contributed by atoms with van der Waals surface area (Å²) in [5.41, 5.74) is 5.32. The van der Waals surface area contributed by atoms with Crippen LogP contribution in [0.3, 0.4) is 0 Å². The van der Waals surface area contributed by atoms with Crippen LogP contribution in [-0.2, 0) is 42.3 Å². The molecule has 0 radical (unpaired) electrons. The third-order valence-corrected chi connectivity index (χ3v) is 10.0. The molecule has 0 aromatic rings. The highest BCUT2D eigenvalue weighted by molar-refractivity contribution is 7.47. The Balaban J connectivity index is 4.56. The summed E-state index contributed by atoms with van der Waals surface area (Å²) in [6, 6.07) is -1.55. The number of carbonyl (C=O) groups excluding carboxylic acids is 3. The van der Waals surface area contributed by atoms with E-state index in [1.54, 1.807) is 12.2 Å². The molecule has 0 aromatic heterocycles. The first-order valence-electron chi connectivity index (χ1n) is 21.6. The van der Waals surface area contributed by atoms with E-state index in [2.05, 4.69) is 42.7 Å². The smallest absolute Gasteiger partial charge is 0.472 e. The predicted octanol–water partition coefficient (Wildman–Crippen LogP) is 10.6. The van der Waals surface area contributed by atoms with Crippen LogP contribution in [0.4, 0.5) is 0 Å². The fourth-order valence-corrected chi connectivity index (χ4v) is 6.38. The lowest BCUT2D eigenvalue weighted by molar-refractivity contribution is -0.161. The van der Waals surface area contributed by atoms with Gasteiger partial charge < -0.3 is 25.2 Å². The van der Waals surface area contributed by atoms with E-state index in [4.69, 9.17) is 24.8 Å². The SMILES string of the molecule is CCCCC/C=C\C/C=C\C/C=C\C=C\C(=O)CCCC(=O)OC[C@H](COP(=O)(O)OC[C@H](N)C(=O)O)OC(=O)CCCCCCCCCCCCCCCCC. The molecule has 0 fully saturated rings. The summed E-state index contributed by atoms with van der Waals surface area (Å²) in [4.78, 5) is 58.1. The number of allylic oxidation sites excluding steroid dienone is 8. The van der Waals surface area contributed by atoms with Gasteiger partial charge in [0.15, 0.2) is 11.9 Å². The summed E-state index contributed by atoms with van der Waals surface area (Å²) in [5.74, 6) is -2.80. The summed E-state index contributed by atoms with van der Waals surface area (Å²) < 4.78 is 32.5. The molecule has 0 saturated carbocycles. The third-order valence-electron chi connectivity index (χ3n) is 9.06. The number of hydrogen-bond donors (Lipinski definition) is 3. The highest BCUT2D eigenvalue weighted by Crippen LogP contribution is 2.43. The van der Waals surface area contributed by atoms with Gasteiger partial charge >= 0.3 is 25.7 Å². The van der Waals surface area contributed by atoms with Crippen molar-refractivity contribution in [2.24, 2.45) is 5.73 Å². The normalized spacial score (nSPS) is 14.1. The molecule has 12 nitrogen and oxygen atoms in total. The van der Waals surface area contributed by atoms with Crippen LogP contribution < -0.4 is 5.73 Å². The van der Waals surface area contributed by atoms with E-state index in [0.29, 0.717) is 6.42 Å². The van der Waals surface area contributed by atoms with Crippen molar-refractivity contribution in [2.75, 3.05) is 19.8 Å². The molecule has 0 bridgehead atoms. The zero-order valence-corrected chi connectivity index (χ0v) is 36.1. The van der Waals surface area contributed by atoms with Crippen molar-refractivity contribution in [3.8, 4) is 0 Å². The number of rotatable bonds is 40. The molecular weight excluding hydrogens is 749 g/mol. The van der Waals surface area contributed by atoms with E-state index in [-0.39, 0.29) is 31.5 Å². The van der Waals surface area contributed by atoms with Crippen LogP contribution in [0.5, 0.6) is 0 Å². The number of nitrogens with two attached hydrogens (primary N) is 1. The van der Waals surface area contributed by atoms with Crippen LogP contribution in [0.15, 0.2) is 48.6 Å². The van der Waals surface area contributed by atoms with E-state index in [0.717, 1.165) is 38.5 Å². The molecule has 3 atom stereocenters. The molecule has 0 aliphatic heterocycles. The second-order valence-corrected chi connectivity index (χ2v) is 16.0. The second-order valence-electron chi connectivity index (χ2n) is 14.5. The Morgan fingerprint density at radius 1 is 0.596 bits per heavy atom. The molecule has 0 aliphatic rings. The number of phosphoric ester groups is 1. The van der Waals surface area contributed by atoms with Gasteiger partial charge in [-0.25, -0.2) is 4.57 Å². The van der Waals surface area contributed by atoms with Gasteiger partial charge in [0.2, 0.25) is 0 Å². The number of carboxylic acids is 1. The number of esters is 2. The lowest BCUT2D eigenvalue weighted by Crippen LogP contribution is -2.34. The number of aliphatic carboxylic acids is 1. The lowest BCUT2D eigenvalue weighted by atomic mass is 10.0. The molecule has 13 heteroatoms. The number of ketones is 1. The van der Waals surface area contributed by atoms with Crippen LogP contribution in [0.2, 0.25) is 0 Å². The van der Waals surface area contributed by atoms with E-state index in [1.165, 1.54) is 96.0 Å². The molecule has 0 amide bonds. The molecule has 1 unspecified atom stereocenters. The lowest BCUT2D eigenvalue weighted by Gasteiger charge is -2.20. The monoisotopic (exact) mass is 826 g/mol. The van der Waals surface area contributed by atoms with E-state index < -0.39 is 57.7 Å². The van der Waals surface area contributed by atoms with Gasteiger partial charge in [0.1, 0.15) is 12.6 Å². The first-order chi connectivity index (χ1) is 27.5. The van der Waals surface area contributed by atoms with Gasteiger partial charge in [0.05, 0.1) is 13.2 Å². The zero-order valence-electron chi connectivity index (χ0n) is 35.2. The van der Waals surface area contributed by atoms with E-state index in [9.17, 15) is 28.6 Å². The summed E-state index contributed by atoms with van der Waals surface area (Å²) in [6.07, 6.45) is 39.0. The summed E-state index contributed by atoms with van der Waals surface area (Å²) >= 11 is 0. The topological polar surface area (TPSA) is 189 Å². The minimum Gasteiger partial charge on any atom is -0.480 e. The van der Waals surface area contributed by atoms with Crippen LogP contribution in [0.1, 0.15) is 174 Å². The number of ether oxygens (including phenoxy) is 2. The number of carbonyl (C=O) groups is 4. The van der Waals surface area contributed by atoms with Crippen molar-refractivity contribution >= 4 is 31.5 Å². The minimum atomic E-state index is -4.77. The highest BCUT2D eigenvalue weighted by Gasteiger charge is 2.28. The van der Waals surface area contributed by atoms with Gasteiger partial charge in [-0.2, -0.15) is 0 Å². The Morgan fingerprint density at radius 3 is 1.70 bits per heavy atom. The first-order valence-corrected chi connectivity index (χ1v) is 23.1. The Bertz CT molecular complexity index is 1220. The third kappa shape index (κ3) is 38.4. The first kappa shape index (κ1) is 54.1. The molecule has 0 heterocycles. The highest BCUT2D eigenvalue weighted by atomic mass is 31.2. The average Bonchev–Trinajstić information content (AvgIpc) is 3.18. The zero-order chi connectivity index (χ0) is 42.2. The quantitative estimate of drug-likeness (QED) is 0.0133. The fraction of sp³-hybridized carbons (Fsp3) is 0.727. The van der Waals surface area contributed by atoms with Crippen LogP contribution in [-0.4, -0.2) is 65.7 Å². The van der Waals surface area contributed by atoms with Gasteiger partial charge in [0, 0.05) is 19.3 Å². The Labute approximate surface area is 343 Å². The van der Waals surface area contributed by atoms with Crippen LogP contribution >= 0.6 is 7.82 Å². The number of carboxylic acid groups (broad SMARTS) is 1. The van der Waals surface area contributed by atoms with Crippen LogP contribution in [0, 0.1) is 0 Å². The van der Waals surface area contributed by atoms with Gasteiger partial charge in [-0.1, -0.05) is 159 Å². The molecule has 328 valence electrons. The van der Waals surface area contributed by atoms with Crippen molar-refractivity contribution in [3.63, 3.8) is 0 Å². The van der Waals surface area contributed by atoms with E-state index >= 15 is 0 Å². The maximum Gasteiger partial charge on any atom is 0.472 e. The van der Waals surface area contributed by atoms with Gasteiger partial charge in [-0.3, -0.25) is 28.2 Å². The number of phosphoric acid groups is 1. The molecule has 4 N–H and O–H groups in total. The second kappa shape index (κ2) is 38.6. The van der Waals surface area contributed by atoms with Gasteiger partial charge in [-0.05, 0) is 44.6 Å². The summed E-state index contributed by atoms with van der Waals surface area (Å²) in [6.45, 7) is 2.53. The Kier molecular flexibility index (Phi) is 36.7. The van der Waals surface area contributed by atoms with Crippen molar-refractivity contribution < 1.29 is 52.3 Å². The largest absolute Gasteiger partial charge is 0.480 e. The maximum absolute atomic E-state index is 12.6. The molecular formula is C44H76NO11P. The number of unbranched alkanes of at least 4 members (excludes halogenated alkanes) is 17. The summed E-state index contributed by atoms with van der Waals surface area (Å²) in [5, 5.41) is 8.88. The predicted molar refractivity (Wildman–Crippen MR) is 227 cm³/mol. The number of hydrogen-bond acceptors (Lipinski definition) is 10. The molecule has 57 heavy (non-hydrogen) atoms. The minimum absolute atomic E-state index is 0.0669. The van der Waals surface area contributed by atoms with Crippen molar-refractivity contribution in [1.29, 1.82) is 0 Å². The van der Waals surface area contributed by atoms with Gasteiger partial charge in [-0.15, -0.1) is 0 Å². The van der Waals surface area contributed by atoms with Crippen molar-refractivity contribution in [3.05, 3.63) is 48.6 Å². The molecule has 0 rings (SSSR count). The molecule has 0 aliphatic carbocycles. The molecule has 0 aromatic carbocycles. The van der Waals surface area contributed by atoms with Crippen molar-refractivity contribution in [1.82, 2.24) is 0 Å². The molecule has 0 saturated heterocycles. The summed E-state index contributed by atoms with van der Waals surface area (Å²) in [7, 11) is -4.77. The Morgan fingerprint density at radius 2 is 1.11 bits per heavy atom. The van der Waals surface area contributed by atoms with Crippen molar-refractivity contribution in [2.45, 2.75) is 187 Å². The average molecular weight is 826 g/mol. The standard InChI is InChI=1S/C44H76NO11P/c1-3-5-7-9-11-13-15-17-18-20-22-24-26-28-30-34-43(48)56-40(37-54-57(51,52)55-38-41(45)44(49)50)36-53-42(47)35-31-33-39(46)32-29-27-25-23-21-19-16-14-12-10-8-6-4-2/h12,14,19,21,25,27,29,32,40-41H,3-11,13,15-18,20,22-24,26,28,30-31,33-38,45H2,1-2H3,(H,49,50)(H,51,52)/b14-12-,21-19-,27-25-,32-29+/t40-,41+/m1/s1. The maximum atomic E-state index is 12.6. The fourth-order valence-electron chi connectivity index (χ4n) is 5.61. The van der Waals surface area contributed by atoms with Crippen LogP contribution in [0.25, 0.3) is 0 Å². The Hall–Kier alpha value is -2.89. The van der Waals surface area contributed by atoms with E-state index in [1.807, 2.05) is 6.08 Å². The molecule has 0 spiro atoms.